The topological polar surface area (TPSA) is 73.5 Å². The lowest BCUT2D eigenvalue weighted by molar-refractivity contribution is -0.667. The maximum atomic E-state index is 11.0. The van der Waals surface area contributed by atoms with Gasteiger partial charge in [-0.25, -0.2) is 8.42 Å². The Morgan fingerprint density at radius 2 is 1.97 bits per heavy atom. The van der Waals surface area contributed by atoms with Gasteiger partial charge in [0.1, 0.15) is 12.3 Å². The molecule has 0 radical (unpaired) electrons. The molecule has 37 heavy (non-hydrogen) atoms. The summed E-state index contributed by atoms with van der Waals surface area (Å²) in [6, 6.07) is 16.5. The van der Waals surface area contributed by atoms with Gasteiger partial charge in [-0.2, -0.15) is 4.57 Å². The third kappa shape index (κ3) is 6.83. The van der Waals surface area contributed by atoms with Crippen LogP contribution in [0.15, 0.2) is 88.5 Å². The van der Waals surface area contributed by atoms with E-state index in [0.717, 1.165) is 33.5 Å². The number of aromatic nitrogens is 1. The Bertz CT molecular complexity index is 1480. The molecule has 3 aromatic rings. The molecule has 194 valence electrons. The number of ether oxygens (including phenoxy) is 1. The second kappa shape index (κ2) is 12.0. The molecule has 1 aromatic heterocycles. The largest absolute Gasteiger partial charge is 0.748 e. The first-order valence-corrected chi connectivity index (χ1v) is 14.7. The van der Waals surface area contributed by atoms with Gasteiger partial charge in [-0.15, -0.1) is 0 Å². The van der Waals surface area contributed by atoms with E-state index in [9.17, 15) is 13.0 Å². The average molecular weight is 537 g/mol. The normalized spacial score (nSPS) is 15.2. The van der Waals surface area contributed by atoms with Gasteiger partial charge in [0.2, 0.25) is 5.52 Å². The SMILES string of the molecule is CC[n+]1ccc(/C=C/C(C)=C/C=C2/Sc3cc(OC)ccc3N2CCCCS(=O)(=O)[O-])c2ccccc21. The molecule has 8 heteroatoms. The van der Waals surface area contributed by atoms with Gasteiger partial charge >= 0.3 is 0 Å². The van der Waals surface area contributed by atoms with Gasteiger partial charge in [-0.3, -0.25) is 0 Å². The molecule has 1 aliphatic rings. The van der Waals surface area contributed by atoms with Crippen molar-refractivity contribution in [2.75, 3.05) is 24.3 Å². The van der Waals surface area contributed by atoms with E-state index in [2.05, 4.69) is 84.1 Å². The Morgan fingerprint density at radius 1 is 1.16 bits per heavy atom. The Balaban J connectivity index is 1.55. The molecule has 1 aliphatic heterocycles. The van der Waals surface area contributed by atoms with Gasteiger partial charge in [0.25, 0.3) is 0 Å². The van der Waals surface area contributed by atoms with Crippen molar-refractivity contribution in [1.29, 1.82) is 0 Å². The molecule has 0 aliphatic carbocycles. The summed E-state index contributed by atoms with van der Waals surface area (Å²) >= 11 is 1.66. The standard InChI is InChI=1S/C29H32N2O4S2/c1-4-30-19-17-23(25-9-5-6-10-26(25)30)13-11-22(2)12-16-29-31(18-7-8-20-37(32,33)34)27-15-14-24(35-3)21-28(27)36-29/h5-6,9-17,19,21H,4,7-8,18,20H2,1-3H3. The maximum absolute atomic E-state index is 11.0. The first-order chi connectivity index (χ1) is 17.8. The van der Waals surface area contributed by atoms with E-state index >= 15 is 0 Å². The molecule has 0 amide bonds. The molecule has 2 heterocycles. The molecular formula is C29H32N2O4S2. The third-order valence-electron chi connectivity index (χ3n) is 6.28. The van der Waals surface area contributed by atoms with Gasteiger partial charge in [-0.05, 0) is 62.6 Å². The maximum Gasteiger partial charge on any atom is 0.213 e. The fraction of sp³-hybridized carbons (Fsp3) is 0.276. The molecule has 0 unspecified atom stereocenters. The molecule has 0 bridgehead atoms. The van der Waals surface area contributed by atoms with Gasteiger partial charge in [0.15, 0.2) is 6.20 Å². The molecule has 0 N–H and O–H groups in total. The highest BCUT2D eigenvalue weighted by molar-refractivity contribution is 8.03. The Labute approximate surface area is 223 Å². The number of aryl methyl sites for hydroxylation is 1. The highest BCUT2D eigenvalue weighted by atomic mass is 32.2. The lowest BCUT2D eigenvalue weighted by atomic mass is 10.1. The predicted molar refractivity (Wildman–Crippen MR) is 151 cm³/mol. The number of methoxy groups -OCH3 is 1. The van der Waals surface area contributed by atoms with Crippen molar-refractivity contribution in [2.45, 2.75) is 38.1 Å². The van der Waals surface area contributed by atoms with E-state index < -0.39 is 10.1 Å². The predicted octanol–water partition coefficient (Wildman–Crippen LogP) is 5.89. The summed E-state index contributed by atoms with van der Waals surface area (Å²) in [4.78, 5) is 3.27. The van der Waals surface area contributed by atoms with Crippen molar-refractivity contribution in [1.82, 2.24) is 0 Å². The Morgan fingerprint density at radius 3 is 2.73 bits per heavy atom. The van der Waals surface area contributed by atoms with Crippen LogP contribution in [0, 0.1) is 0 Å². The van der Waals surface area contributed by atoms with Gasteiger partial charge in [0, 0.05) is 29.3 Å². The summed E-state index contributed by atoms with van der Waals surface area (Å²) in [5, 5.41) is 2.27. The average Bonchev–Trinajstić information content (AvgIpc) is 3.24. The fourth-order valence-electron chi connectivity index (χ4n) is 4.33. The number of nitrogens with zero attached hydrogens (tertiary/aromatic N) is 2. The minimum Gasteiger partial charge on any atom is -0.748 e. The lowest BCUT2D eigenvalue weighted by Gasteiger charge is -2.20. The summed E-state index contributed by atoms with van der Waals surface area (Å²) in [7, 11) is -2.55. The van der Waals surface area contributed by atoms with E-state index in [1.807, 2.05) is 18.2 Å². The number of anilines is 1. The van der Waals surface area contributed by atoms with Crippen molar-refractivity contribution in [3.05, 3.63) is 89.1 Å². The van der Waals surface area contributed by atoms with Gasteiger partial charge in [0.05, 0.1) is 33.3 Å². The number of unbranched alkanes of at least 4 members (excludes halogenated alkanes) is 1. The summed E-state index contributed by atoms with van der Waals surface area (Å²) in [5.74, 6) is 0.456. The van der Waals surface area contributed by atoms with Gasteiger partial charge < -0.3 is 14.2 Å². The fourth-order valence-corrected chi connectivity index (χ4v) is 6.00. The number of allylic oxidation sites excluding steroid dienone is 4. The number of pyridine rings is 1. The number of hydrogen-bond donors (Lipinski definition) is 0. The van der Waals surface area contributed by atoms with Crippen molar-refractivity contribution in [2.24, 2.45) is 0 Å². The van der Waals surface area contributed by atoms with Gasteiger partial charge in [-0.1, -0.05) is 47.7 Å². The highest BCUT2D eigenvalue weighted by Gasteiger charge is 2.25. The Kier molecular flexibility index (Phi) is 8.74. The van der Waals surface area contributed by atoms with Crippen molar-refractivity contribution in [3.8, 4) is 5.75 Å². The van der Waals surface area contributed by atoms with E-state index in [1.165, 1.54) is 16.5 Å². The van der Waals surface area contributed by atoms with E-state index in [1.54, 1.807) is 18.9 Å². The number of fused-ring (bicyclic) bond motifs is 2. The monoisotopic (exact) mass is 536 g/mol. The first kappa shape index (κ1) is 27.0. The smallest absolute Gasteiger partial charge is 0.213 e. The minimum absolute atomic E-state index is 0.335. The molecule has 0 fully saturated rings. The zero-order chi connectivity index (χ0) is 26.4. The zero-order valence-corrected chi connectivity index (χ0v) is 23.0. The first-order valence-electron chi connectivity index (χ1n) is 12.3. The quantitative estimate of drug-likeness (QED) is 0.139. The zero-order valence-electron chi connectivity index (χ0n) is 21.4. The number of hydrogen-bond acceptors (Lipinski definition) is 6. The molecule has 6 nitrogen and oxygen atoms in total. The Hall–Kier alpha value is -3.07. The van der Waals surface area contributed by atoms with Crippen LogP contribution in [0.3, 0.4) is 0 Å². The van der Waals surface area contributed by atoms with Crippen LogP contribution in [0.5, 0.6) is 5.75 Å². The van der Waals surface area contributed by atoms with Crippen molar-refractivity contribution < 1.29 is 22.3 Å². The van der Waals surface area contributed by atoms with Crippen molar-refractivity contribution >= 4 is 44.5 Å². The molecule has 0 saturated heterocycles. The van der Waals surface area contributed by atoms with Crippen LogP contribution >= 0.6 is 11.8 Å². The second-order valence-electron chi connectivity index (χ2n) is 8.88. The number of rotatable bonds is 10. The number of para-hydroxylation sites is 1. The second-order valence-corrected chi connectivity index (χ2v) is 11.5. The van der Waals surface area contributed by atoms with Crippen LogP contribution in [0.4, 0.5) is 5.69 Å². The van der Waals surface area contributed by atoms with E-state index in [0.29, 0.717) is 19.4 Å². The lowest BCUT2D eigenvalue weighted by Crippen LogP contribution is -2.32. The van der Waals surface area contributed by atoms with E-state index in [4.69, 9.17) is 4.74 Å². The van der Waals surface area contributed by atoms with E-state index in [-0.39, 0.29) is 5.75 Å². The van der Waals surface area contributed by atoms with Crippen LogP contribution in [0.25, 0.3) is 17.0 Å². The minimum atomic E-state index is -4.19. The number of thioether (sulfide) groups is 1. The van der Waals surface area contributed by atoms with Crippen molar-refractivity contribution in [3.63, 3.8) is 0 Å². The van der Waals surface area contributed by atoms with Crippen LogP contribution in [0.2, 0.25) is 0 Å². The molecule has 0 spiro atoms. The summed E-state index contributed by atoms with van der Waals surface area (Å²) in [5.41, 5.74) is 4.55. The summed E-state index contributed by atoms with van der Waals surface area (Å²) < 4.78 is 40.6. The number of benzene rings is 2. The molecular weight excluding hydrogens is 504 g/mol. The molecule has 0 atom stereocenters. The highest BCUT2D eigenvalue weighted by Crippen LogP contribution is 2.47. The molecule has 0 saturated carbocycles. The molecule has 2 aromatic carbocycles. The summed E-state index contributed by atoms with van der Waals surface area (Å²) in [6.45, 7) is 5.77. The van der Waals surface area contributed by atoms with Crippen LogP contribution < -0.4 is 14.2 Å². The van der Waals surface area contributed by atoms with Crippen LogP contribution in [-0.4, -0.2) is 32.4 Å². The summed E-state index contributed by atoms with van der Waals surface area (Å²) in [6.07, 6.45) is 11.5. The van der Waals surface area contributed by atoms with Crippen LogP contribution in [-0.2, 0) is 16.7 Å². The third-order valence-corrected chi connectivity index (χ3v) is 8.18. The van der Waals surface area contributed by atoms with Crippen LogP contribution in [0.1, 0.15) is 32.3 Å². The molecule has 4 rings (SSSR count).